The van der Waals surface area contributed by atoms with Gasteiger partial charge >= 0.3 is 0 Å². The molecule has 0 spiro atoms. The predicted octanol–water partition coefficient (Wildman–Crippen LogP) is 3.72. The summed E-state index contributed by atoms with van der Waals surface area (Å²) in [4.78, 5) is 38.2. The van der Waals surface area contributed by atoms with Crippen molar-refractivity contribution >= 4 is 34.2 Å². The number of halogens is 1. The smallest absolute Gasteiger partial charge is 0.290 e. The number of para-hydroxylation sites is 1. The summed E-state index contributed by atoms with van der Waals surface area (Å²) in [6.07, 6.45) is 0. The third kappa shape index (κ3) is 4.77. The summed E-state index contributed by atoms with van der Waals surface area (Å²) in [7, 11) is 0. The fourth-order valence-electron chi connectivity index (χ4n) is 3.41. The third-order valence-electron chi connectivity index (χ3n) is 5.14. The van der Waals surface area contributed by atoms with E-state index in [1.807, 2.05) is 18.2 Å². The Morgan fingerprint density at radius 2 is 1.56 bits per heavy atom. The standard InChI is InChI=1S/C25H21ClN4O4/c1-2-30-25(33)18-11-5-4-10-17(18)22(29-30)24(32)28-27-23(31)19-12-6-8-14-21(19)34-15-16-9-3-7-13-20(16)26/h3-14H,2,15H2,1H3,(H,27,31)(H,28,32). The zero-order chi connectivity index (χ0) is 24.1. The largest absolute Gasteiger partial charge is 0.488 e. The van der Waals surface area contributed by atoms with Crippen LogP contribution in [0.15, 0.2) is 77.6 Å². The van der Waals surface area contributed by atoms with Gasteiger partial charge in [-0.25, -0.2) is 4.68 Å². The molecule has 4 aromatic rings. The molecular formula is C25H21ClN4O4. The van der Waals surface area contributed by atoms with Crippen LogP contribution in [0.4, 0.5) is 0 Å². The van der Waals surface area contributed by atoms with E-state index in [9.17, 15) is 14.4 Å². The van der Waals surface area contributed by atoms with E-state index in [0.717, 1.165) is 5.56 Å². The molecule has 0 saturated carbocycles. The zero-order valence-corrected chi connectivity index (χ0v) is 19.0. The van der Waals surface area contributed by atoms with Crippen LogP contribution in [0.3, 0.4) is 0 Å². The summed E-state index contributed by atoms with van der Waals surface area (Å²) in [6, 6.07) is 20.6. The van der Waals surface area contributed by atoms with E-state index < -0.39 is 11.8 Å². The van der Waals surface area contributed by atoms with Crippen molar-refractivity contribution in [2.45, 2.75) is 20.1 Å². The highest BCUT2D eigenvalue weighted by Crippen LogP contribution is 2.22. The van der Waals surface area contributed by atoms with Crippen molar-refractivity contribution in [1.82, 2.24) is 20.6 Å². The second-order valence-electron chi connectivity index (χ2n) is 7.30. The van der Waals surface area contributed by atoms with Crippen LogP contribution in [-0.2, 0) is 13.2 Å². The van der Waals surface area contributed by atoms with Gasteiger partial charge in [0, 0.05) is 22.5 Å². The number of aryl methyl sites for hydroxylation is 1. The molecule has 0 aliphatic carbocycles. The first kappa shape index (κ1) is 23.0. The van der Waals surface area contributed by atoms with Crippen LogP contribution >= 0.6 is 11.6 Å². The summed E-state index contributed by atoms with van der Waals surface area (Å²) in [5.41, 5.74) is 5.51. The maximum atomic E-state index is 12.9. The number of rotatable bonds is 6. The maximum absolute atomic E-state index is 12.9. The Kier molecular flexibility index (Phi) is 6.89. The SMILES string of the molecule is CCn1nc(C(=O)NNC(=O)c2ccccc2OCc2ccccc2Cl)c2ccccc2c1=O. The molecule has 0 unspecified atom stereocenters. The number of hydrogen-bond donors (Lipinski definition) is 2. The zero-order valence-electron chi connectivity index (χ0n) is 18.2. The minimum Gasteiger partial charge on any atom is -0.488 e. The monoisotopic (exact) mass is 476 g/mol. The molecule has 2 N–H and O–H groups in total. The van der Waals surface area contributed by atoms with Crippen LogP contribution < -0.4 is 21.1 Å². The number of fused-ring (bicyclic) bond motifs is 1. The quantitative estimate of drug-likeness (QED) is 0.413. The van der Waals surface area contributed by atoms with Crippen LogP contribution in [-0.4, -0.2) is 21.6 Å². The molecule has 0 aliphatic rings. The summed E-state index contributed by atoms with van der Waals surface area (Å²) >= 11 is 6.17. The van der Waals surface area contributed by atoms with Gasteiger partial charge in [0.2, 0.25) is 0 Å². The number of carbonyl (C=O) groups excluding carboxylic acids is 2. The first-order chi connectivity index (χ1) is 16.5. The lowest BCUT2D eigenvalue weighted by atomic mass is 10.1. The first-order valence-corrected chi connectivity index (χ1v) is 10.9. The molecule has 4 rings (SSSR count). The van der Waals surface area contributed by atoms with Crippen LogP contribution in [0.5, 0.6) is 5.75 Å². The normalized spacial score (nSPS) is 10.6. The fourth-order valence-corrected chi connectivity index (χ4v) is 3.60. The van der Waals surface area contributed by atoms with Crippen LogP contribution in [0, 0.1) is 0 Å². The number of ether oxygens (including phenoxy) is 1. The van der Waals surface area contributed by atoms with Crippen molar-refractivity contribution in [2.75, 3.05) is 0 Å². The first-order valence-electron chi connectivity index (χ1n) is 10.6. The van der Waals surface area contributed by atoms with Crippen LogP contribution in [0.1, 0.15) is 33.3 Å². The maximum Gasteiger partial charge on any atom is 0.290 e. The van der Waals surface area contributed by atoms with E-state index in [1.54, 1.807) is 61.5 Å². The highest BCUT2D eigenvalue weighted by atomic mass is 35.5. The van der Waals surface area contributed by atoms with Gasteiger partial charge in [-0.1, -0.05) is 60.1 Å². The van der Waals surface area contributed by atoms with Gasteiger partial charge < -0.3 is 4.74 Å². The van der Waals surface area contributed by atoms with Gasteiger partial charge in [0.15, 0.2) is 5.69 Å². The van der Waals surface area contributed by atoms with E-state index in [2.05, 4.69) is 16.0 Å². The fraction of sp³-hybridized carbons (Fsp3) is 0.120. The average Bonchev–Trinajstić information content (AvgIpc) is 2.87. The van der Waals surface area contributed by atoms with Gasteiger partial charge in [-0.15, -0.1) is 0 Å². The Morgan fingerprint density at radius 3 is 2.32 bits per heavy atom. The highest BCUT2D eigenvalue weighted by Gasteiger charge is 2.18. The van der Waals surface area contributed by atoms with Gasteiger partial charge in [0.25, 0.3) is 17.4 Å². The molecule has 1 aromatic heterocycles. The van der Waals surface area contributed by atoms with Crippen LogP contribution in [0.2, 0.25) is 5.02 Å². The second kappa shape index (κ2) is 10.2. The molecule has 34 heavy (non-hydrogen) atoms. The van der Waals surface area contributed by atoms with Crippen molar-refractivity contribution in [3.63, 3.8) is 0 Å². The third-order valence-corrected chi connectivity index (χ3v) is 5.51. The number of amides is 2. The van der Waals surface area contributed by atoms with Gasteiger partial charge in [0.1, 0.15) is 12.4 Å². The number of carbonyl (C=O) groups is 2. The summed E-state index contributed by atoms with van der Waals surface area (Å²) in [6.45, 7) is 2.23. The Bertz CT molecular complexity index is 1430. The van der Waals surface area contributed by atoms with Crippen molar-refractivity contribution in [1.29, 1.82) is 0 Å². The Balaban J connectivity index is 1.51. The van der Waals surface area contributed by atoms with E-state index in [4.69, 9.17) is 16.3 Å². The van der Waals surface area contributed by atoms with Gasteiger partial charge in [-0.3, -0.25) is 25.2 Å². The highest BCUT2D eigenvalue weighted by molar-refractivity contribution is 6.31. The van der Waals surface area contributed by atoms with Crippen molar-refractivity contribution in [3.8, 4) is 5.75 Å². The average molecular weight is 477 g/mol. The topological polar surface area (TPSA) is 102 Å². The molecule has 2 amide bonds. The van der Waals surface area contributed by atoms with Crippen LogP contribution in [0.25, 0.3) is 10.8 Å². The number of aromatic nitrogens is 2. The molecule has 0 saturated heterocycles. The molecule has 1 heterocycles. The molecule has 0 bridgehead atoms. The molecule has 0 radical (unpaired) electrons. The molecule has 3 aromatic carbocycles. The lowest BCUT2D eigenvalue weighted by Crippen LogP contribution is -2.43. The Morgan fingerprint density at radius 1 is 0.912 bits per heavy atom. The molecule has 0 atom stereocenters. The van der Waals surface area contributed by atoms with Gasteiger partial charge in [-0.2, -0.15) is 5.10 Å². The number of hydrogen-bond acceptors (Lipinski definition) is 5. The Hall–Kier alpha value is -4.17. The number of benzene rings is 3. The number of nitrogens with zero attached hydrogens (tertiary/aromatic N) is 2. The number of nitrogens with one attached hydrogen (secondary N) is 2. The lowest BCUT2D eigenvalue weighted by molar-refractivity contribution is 0.0841. The van der Waals surface area contributed by atoms with Crippen molar-refractivity contribution < 1.29 is 14.3 Å². The molecule has 8 nitrogen and oxygen atoms in total. The molecule has 0 aliphatic heterocycles. The minimum atomic E-state index is -0.652. The van der Waals surface area contributed by atoms with Crippen molar-refractivity contribution in [3.05, 3.63) is 105 Å². The minimum absolute atomic E-state index is 0.0283. The molecule has 0 fully saturated rings. The van der Waals surface area contributed by atoms with E-state index in [0.29, 0.717) is 28.1 Å². The lowest BCUT2D eigenvalue weighted by Gasteiger charge is -2.13. The molecular weight excluding hydrogens is 456 g/mol. The summed E-state index contributed by atoms with van der Waals surface area (Å²) < 4.78 is 7.01. The predicted molar refractivity (Wildman–Crippen MR) is 129 cm³/mol. The van der Waals surface area contributed by atoms with E-state index in [1.165, 1.54) is 4.68 Å². The Labute approximate surface area is 200 Å². The summed E-state index contributed by atoms with van der Waals surface area (Å²) in [5, 5.41) is 5.49. The summed E-state index contributed by atoms with van der Waals surface area (Å²) in [5.74, 6) is -0.894. The van der Waals surface area contributed by atoms with Gasteiger partial charge in [-0.05, 0) is 31.2 Å². The number of hydrazine groups is 1. The van der Waals surface area contributed by atoms with E-state index in [-0.39, 0.29) is 23.4 Å². The van der Waals surface area contributed by atoms with Gasteiger partial charge in [0.05, 0.1) is 10.9 Å². The second-order valence-corrected chi connectivity index (χ2v) is 7.71. The van der Waals surface area contributed by atoms with E-state index >= 15 is 0 Å². The molecule has 9 heteroatoms. The van der Waals surface area contributed by atoms with Crippen molar-refractivity contribution in [2.24, 2.45) is 0 Å². The molecule has 172 valence electrons.